The molecule has 1 heterocycles. The van der Waals surface area contributed by atoms with E-state index in [0.29, 0.717) is 11.4 Å². The fraction of sp³-hybridized carbons (Fsp3) is 0.0625. The summed E-state index contributed by atoms with van der Waals surface area (Å²) in [6, 6.07) is 36.3. The molecule has 0 aliphatic rings. The fourth-order valence-electron chi connectivity index (χ4n) is 5.07. The third kappa shape index (κ3) is 4.37. The summed E-state index contributed by atoms with van der Waals surface area (Å²) in [5.74, 6) is 0. The number of anilines is 3. The topological polar surface area (TPSA) is 56.4 Å². The SMILES string of the molecule is CN(C)c1ccc(N(c2c(-c3ccccc3)[nH]c3ccccc23)S(=O)(=O)c2ccc(Br)cc2)c2ccccc12. The van der Waals surface area contributed by atoms with Crippen molar-refractivity contribution in [3.05, 3.63) is 120 Å². The second kappa shape index (κ2) is 9.91. The summed E-state index contributed by atoms with van der Waals surface area (Å²) in [6.07, 6.45) is 0. The zero-order chi connectivity index (χ0) is 27.1. The molecule has 0 unspecified atom stereocenters. The van der Waals surface area contributed by atoms with Crippen molar-refractivity contribution >= 4 is 64.7 Å². The first-order valence-corrected chi connectivity index (χ1v) is 14.8. The normalized spacial score (nSPS) is 11.7. The Kier molecular flexibility index (Phi) is 6.41. The van der Waals surface area contributed by atoms with E-state index in [1.807, 2.05) is 110 Å². The van der Waals surface area contributed by atoms with Gasteiger partial charge in [0.25, 0.3) is 10.0 Å². The highest BCUT2D eigenvalue weighted by Gasteiger charge is 2.33. The number of H-pyrrole nitrogens is 1. The molecular formula is C32H26BrN3O2S. The molecule has 5 nitrogen and oxygen atoms in total. The molecule has 0 fully saturated rings. The molecule has 39 heavy (non-hydrogen) atoms. The maximum absolute atomic E-state index is 14.7. The van der Waals surface area contributed by atoms with Gasteiger partial charge in [0.2, 0.25) is 0 Å². The Bertz CT molecular complexity index is 1920. The maximum atomic E-state index is 14.7. The molecule has 0 aliphatic carbocycles. The molecule has 0 saturated heterocycles. The van der Waals surface area contributed by atoms with Crippen LogP contribution in [0.15, 0.2) is 125 Å². The Labute approximate surface area is 236 Å². The van der Waals surface area contributed by atoms with E-state index in [-0.39, 0.29) is 4.90 Å². The Morgan fingerprint density at radius 3 is 1.87 bits per heavy atom. The van der Waals surface area contributed by atoms with Crippen LogP contribution < -0.4 is 9.21 Å². The van der Waals surface area contributed by atoms with Crippen LogP contribution >= 0.6 is 15.9 Å². The monoisotopic (exact) mass is 595 g/mol. The molecule has 1 N–H and O–H groups in total. The van der Waals surface area contributed by atoms with Gasteiger partial charge in [-0.25, -0.2) is 12.7 Å². The lowest BCUT2D eigenvalue weighted by molar-refractivity contribution is 0.596. The number of rotatable bonds is 6. The van der Waals surface area contributed by atoms with E-state index in [9.17, 15) is 8.42 Å². The average Bonchev–Trinajstić information content (AvgIpc) is 3.33. The Morgan fingerprint density at radius 1 is 0.641 bits per heavy atom. The molecule has 0 atom stereocenters. The first kappa shape index (κ1) is 25.2. The fourth-order valence-corrected chi connectivity index (χ4v) is 6.87. The van der Waals surface area contributed by atoms with E-state index in [1.54, 1.807) is 24.3 Å². The summed E-state index contributed by atoms with van der Waals surface area (Å²) >= 11 is 3.44. The quantitative estimate of drug-likeness (QED) is 0.210. The number of sulfonamides is 1. The van der Waals surface area contributed by atoms with Crippen LogP contribution in [0.2, 0.25) is 0 Å². The molecule has 0 spiro atoms. The summed E-state index contributed by atoms with van der Waals surface area (Å²) in [5.41, 5.74) is 4.67. The van der Waals surface area contributed by atoms with Crippen molar-refractivity contribution in [1.82, 2.24) is 4.98 Å². The first-order chi connectivity index (χ1) is 18.9. The third-order valence-corrected chi connectivity index (χ3v) is 9.13. The second-order valence-corrected chi connectivity index (χ2v) is 12.2. The number of aromatic amines is 1. The largest absolute Gasteiger partial charge is 0.377 e. The van der Waals surface area contributed by atoms with Crippen molar-refractivity contribution in [3.8, 4) is 11.3 Å². The third-order valence-electron chi connectivity index (χ3n) is 6.87. The predicted molar refractivity (Wildman–Crippen MR) is 165 cm³/mol. The van der Waals surface area contributed by atoms with Gasteiger partial charge in [-0.3, -0.25) is 0 Å². The summed E-state index contributed by atoms with van der Waals surface area (Å²) in [7, 11) is -0.0794. The maximum Gasteiger partial charge on any atom is 0.268 e. The number of para-hydroxylation sites is 1. The van der Waals surface area contributed by atoms with E-state index in [2.05, 4.69) is 20.9 Å². The number of nitrogens with one attached hydrogen (secondary N) is 1. The molecule has 0 bridgehead atoms. The van der Waals surface area contributed by atoms with E-state index < -0.39 is 10.0 Å². The van der Waals surface area contributed by atoms with Crippen LogP contribution in [0.25, 0.3) is 32.9 Å². The van der Waals surface area contributed by atoms with Gasteiger partial charge in [-0.1, -0.05) is 88.7 Å². The zero-order valence-corrected chi connectivity index (χ0v) is 23.9. The van der Waals surface area contributed by atoms with E-state index in [0.717, 1.165) is 43.1 Å². The number of hydrogen-bond acceptors (Lipinski definition) is 3. The molecule has 194 valence electrons. The lowest BCUT2D eigenvalue weighted by Crippen LogP contribution is -2.27. The van der Waals surface area contributed by atoms with Gasteiger partial charge < -0.3 is 9.88 Å². The summed E-state index contributed by atoms with van der Waals surface area (Å²) < 4.78 is 31.8. The zero-order valence-electron chi connectivity index (χ0n) is 21.5. The van der Waals surface area contributed by atoms with Gasteiger partial charge in [0.05, 0.1) is 22.0 Å². The molecule has 6 aromatic rings. The molecule has 6 rings (SSSR count). The molecule has 1 aromatic heterocycles. The Hall–Kier alpha value is -4.07. The highest BCUT2D eigenvalue weighted by molar-refractivity contribution is 9.10. The van der Waals surface area contributed by atoms with Crippen molar-refractivity contribution in [2.24, 2.45) is 0 Å². The van der Waals surface area contributed by atoms with E-state index in [4.69, 9.17) is 0 Å². The summed E-state index contributed by atoms with van der Waals surface area (Å²) in [5, 5.41) is 2.63. The average molecular weight is 597 g/mol. The van der Waals surface area contributed by atoms with Crippen LogP contribution in [0.5, 0.6) is 0 Å². The molecule has 0 aliphatic heterocycles. The lowest BCUT2D eigenvalue weighted by atomic mass is 10.0. The molecule has 7 heteroatoms. The van der Waals surface area contributed by atoms with Crippen LogP contribution in [0.4, 0.5) is 17.1 Å². The summed E-state index contributed by atoms with van der Waals surface area (Å²) in [6.45, 7) is 0. The number of fused-ring (bicyclic) bond motifs is 2. The van der Waals surface area contributed by atoms with Crippen LogP contribution in [0.1, 0.15) is 0 Å². The van der Waals surface area contributed by atoms with Crippen LogP contribution in [-0.4, -0.2) is 27.5 Å². The number of aromatic nitrogens is 1. The standard InChI is InChI=1S/C32H26BrN3O2S/c1-35(2)29-20-21-30(26-13-7-6-12-25(26)29)36(39(37,38)24-18-16-23(33)17-19-24)32-27-14-8-9-15-28(27)34-31(32)22-10-4-3-5-11-22/h3-21,34H,1-2H3. The number of hydrogen-bond donors (Lipinski definition) is 1. The van der Waals surface area contributed by atoms with Crippen molar-refractivity contribution in [1.29, 1.82) is 0 Å². The van der Waals surface area contributed by atoms with Gasteiger partial charge in [-0.2, -0.15) is 0 Å². The number of nitrogens with zero attached hydrogens (tertiary/aromatic N) is 2. The minimum atomic E-state index is -4.06. The number of halogens is 1. The Balaban J connectivity index is 1.75. The number of benzene rings is 5. The van der Waals surface area contributed by atoms with Gasteiger partial charge in [0, 0.05) is 51.5 Å². The van der Waals surface area contributed by atoms with E-state index in [1.165, 1.54) is 4.31 Å². The molecular weight excluding hydrogens is 570 g/mol. The lowest BCUT2D eigenvalue weighted by Gasteiger charge is -2.28. The Morgan fingerprint density at radius 2 is 1.21 bits per heavy atom. The molecule has 0 saturated carbocycles. The minimum absolute atomic E-state index is 0.204. The summed E-state index contributed by atoms with van der Waals surface area (Å²) in [4.78, 5) is 5.77. The van der Waals surface area contributed by atoms with Crippen molar-refractivity contribution in [2.45, 2.75) is 4.90 Å². The van der Waals surface area contributed by atoms with Gasteiger partial charge >= 0.3 is 0 Å². The smallest absolute Gasteiger partial charge is 0.268 e. The predicted octanol–water partition coefficient (Wildman–Crippen LogP) is 8.34. The minimum Gasteiger partial charge on any atom is -0.377 e. The molecule has 0 amide bonds. The van der Waals surface area contributed by atoms with Gasteiger partial charge in [-0.15, -0.1) is 0 Å². The van der Waals surface area contributed by atoms with Gasteiger partial charge in [-0.05, 0) is 42.5 Å². The van der Waals surface area contributed by atoms with Gasteiger partial charge in [0.15, 0.2) is 0 Å². The van der Waals surface area contributed by atoms with Crippen molar-refractivity contribution in [2.75, 3.05) is 23.3 Å². The van der Waals surface area contributed by atoms with E-state index >= 15 is 0 Å². The van der Waals surface area contributed by atoms with Gasteiger partial charge in [0.1, 0.15) is 0 Å². The highest BCUT2D eigenvalue weighted by atomic mass is 79.9. The first-order valence-electron chi connectivity index (χ1n) is 12.5. The highest BCUT2D eigenvalue weighted by Crippen LogP contribution is 2.47. The van der Waals surface area contributed by atoms with Crippen molar-refractivity contribution < 1.29 is 8.42 Å². The molecule has 5 aromatic carbocycles. The van der Waals surface area contributed by atoms with Crippen molar-refractivity contribution in [3.63, 3.8) is 0 Å². The van der Waals surface area contributed by atoms with Crippen LogP contribution in [0.3, 0.4) is 0 Å². The second-order valence-electron chi connectivity index (χ2n) is 9.53. The van der Waals surface area contributed by atoms with Crippen LogP contribution in [-0.2, 0) is 10.0 Å². The molecule has 0 radical (unpaired) electrons. The van der Waals surface area contributed by atoms with Crippen LogP contribution in [0, 0.1) is 0 Å².